The number of alkyl halides is 3. The maximum absolute atomic E-state index is 13.3. The summed E-state index contributed by atoms with van der Waals surface area (Å²) in [6.45, 7) is 4.95. The van der Waals surface area contributed by atoms with E-state index < -0.39 is 53.8 Å². The maximum atomic E-state index is 13.3. The fraction of sp³-hybridized carbons (Fsp3) is 0.290. The number of nitrogens with one attached hydrogen (secondary N) is 3. The van der Waals surface area contributed by atoms with Gasteiger partial charge in [-0.15, -0.1) is 0 Å². The zero-order valence-electron chi connectivity index (χ0n) is 25.0. The highest BCUT2D eigenvalue weighted by molar-refractivity contribution is 7.90. The van der Waals surface area contributed by atoms with Crippen LogP contribution < -0.4 is 25.2 Å². The monoisotopic (exact) mass is 680 g/mol. The standard InChI is InChI=1S/C16H21NO2.C15H14F3N3O4S2/c1-12(2)17-10-14(18)11-19-16-9-5-7-13-6-3-4-8-15(13)16;16-15(17,18)10-7-11-13(8-12(10)26(19,22)23)27(24,25)21-14(20-11)6-9-4-2-1-3-5-9/h3-9,12,14,17-18H,10-11H2,1-2H3;1-5,7-8,14,20-21H,6H2,(H2,19,22,23). The van der Waals surface area contributed by atoms with Gasteiger partial charge in [-0.3, -0.25) is 0 Å². The van der Waals surface area contributed by atoms with Gasteiger partial charge in [0.25, 0.3) is 0 Å². The van der Waals surface area contributed by atoms with Crippen molar-refractivity contribution in [1.82, 2.24) is 10.0 Å². The summed E-state index contributed by atoms with van der Waals surface area (Å²) in [4.78, 5) is -1.92. The molecule has 4 aromatic carbocycles. The summed E-state index contributed by atoms with van der Waals surface area (Å²) in [5, 5.41) is 22.8. The number of hydrogen-bond donors (Lipinski definition) is 5. The molecular formula is C31H35F3N4O6S2. The lowest BCUT2D eigenvalue weighted by atomic mass is 10.1. The highest BCUT2D eigenvalue weighted by atomic mass is 32.2. The molecule has 0 fully saturated rings. The third-order valence-corrected chi connectivity index (χ3v) is 9.30. The van der Waals surface area contributed by atoms with Crippen LogP contribution in [0.2, 0.25) is 0 Å². The van der Waals surface area contributed by atoms with E-state index in [1.54, 1.807) is 30.3 Å². The summed E-state index contributed by atoms with van der Waals surface area (Å²) in [6, 6.07) is 24.0. The van der Waals surface area contributed by atoms with Crippen LogP contribution in [-0.2, 0) is 32.6 Å². The van der Waals surface area contributed by atoms with Crippen LogP contribution in [0.25, 0.3) is 10.8 Å². The number of hydrogen-bond acceptors (Lipinski definition) is 8. The fourth-order valence-corrected chi connectivity index (χ4v) is 6.86. The van der Waals surface area contributed by atoms with Gasteiger partial charge in [0.2, 0.25) is 20.0 Å². The Bertz CT molecular complexity index is 1870. The number of nitrogens with two attached hydrogens (primary N) is 1. The second kappa shape index (κ2) is 14.4. The van der Waals surface area contributed by atoms with Gasteiger partial charge in [0.15, 0.2) is 0 Å². The molecule has 0 aromatic heterocycles. The van der Waals surface area contributed by atoms with Crippen molar-refractivity contribution in [3.05, 3.63) is 96.1 Å². The first kappa shape index (κ1) is 35.1. The quantitative estimate of drug-likeness (QED) is 0.176. The molecule has 1 aliphatic rings. The SMILES string of the molecule is CC(C)NCC(O)COc1cccc2ccccc12.NS(=O)(=O)c1cc2c(cc1C(F)(F)F)NC(Cc1ccccc1)NS2(=O)=O. The van der Waals surface area contributed by atoms with Crippen molar-refractivity contribution in [3.8, 4) is 5.75 Å². The molecule has 10 nitrogen and oxygen atoms in total. The lowest BCUT2D eigenvalue weighted by Crippen LogP contribution is -2.46. The van der Waals surface area contributed by atoms with Crippen molar-refractivity contribution in [1.29, 1.82) is 0 Å². The Morgan fingerprint density at radius 1 is 1.00 bits per heavy atom. The third kappa shape index (κ3) is 9.18. The molecule has 0 aliphatic carbocycles. The number of primary sulfonamides is 1. The van der Waals surface area contributed by atoms with Gasteiger partial charge < -0.3 is 20.5 Å². The lowest BCUT2D eigenvalue weighted by Gasteiger charge is -2.29. The zero-order valence-corrected chi connectivity index (χ0v) is 26.6. The summed E-state index contributed by atoms with van der Waals surface area (Å²) in [6.07, 6.45) is -6.28. The number of ether oxygens (including phenoxy) is 1. The molecule has 46 heavy (non-hydrogen) atoms. The number of benzene rings is 4. The van der Waals surface area contributed by atoms with Crippen LogP contribution in [0.5, 0.6) is 5.75 Å². The van der Waals surface area contributed by atoms with E-state index in [1.807, 2.05) is 30.3 Å². The van der Waals surface area contributed by atoms with Crippen LogP contribution in [0.1, 0.15) is 25.0 Å². The zero-order chi connectivity index (χ0) is 33.7. The number of sulfonamides is 2. The first-order valence-electron chi connectivity index (χ1n) is 14.2. The van der Waals surface area contributed by atoms with Crippen LogP contribution in [0, 0.1) is 0 Å². The van der Waals surface area contributed by atoms with Gasteiger partial charge >= 0.3 is 6.18 Å². The Kier molecular flexibility index (Phi) is 11.0. The number of halogens is 3. The minimum Gasteiger partial charge on any atom is -0.490 e. The Hall–Kier alpha value is -3.73. The van der Waals surface area contributed by atoms with Crippen molar-refractivity contribution >= 4 is 36.5 Å². The van der Waals surface area contributed by atoms with Crippen molar-refractivity contribution < 1.29 is 39.9 Å². The molecule has 1 aliphatic heterocycles. The van der Waals surface area contributed by atoms with Crippen LogP contribution in [0.15, 0.2) is 94.7 Å². The molecule has 2 unspecified atom stereocenters. The van der Waals surface area contributed by atoms with Crippen LogP contribution in [-0.4, -0.2) is 53.4 Å². The minimum absolute atomic E-state index is 0.164. The van der Waals surface area contributed by atoms with E-state index in [-0.39, 0.29) is 12.1 Å². The second-order valence-electron chi connectivity index (χ2n) is 10.9. The third-order valence-electron chi connectivity index (χ3n) is 6.84. The minimum atomic E-state index is -5.04. The highest BCUT2D eigenvalue weighted by Crippen LogP contribution is 2.39. The van der Waals surface area contributed by atoms with Gasteiger partial charge in [0.05, 0.1) is 22.3 Å². The number of fused-ring (bicyclic) bond motifs is 2. The molecule has 0 saturated heterocycles. The van der Waals surface area contributed by atoms with Gasteiger partial charge in [0.1, 0.15) is 23.4 Å². The first-order valence-corrected chi connectivity index (χ1v) is 17.2. The summed E-state index contributed by atoms with van der Waals surface area (Å²) in [5.74, 6) is 0.821. The molecular weight excluding hydrogens is 645 g/mol. The van der Waals surface area contributed by atoms with Crippen molar-refractivity contribution in [2.24, 2.45) is 5.14 Å². The smallest absolute Gasteiger partial charge is 0.417 e. The van der Waals surface area contributed by atoms with Gasteiger partial charge in [-0.25, -0.2) is 22.0 Å². The summed E-state index contributed by atoms with van der Waals surface area (Å²) in [5.41, 5.74) is -1.14. The van der Waals surface area contributed by atoms with Gasteiger partial charge in [-0.2, -0.15) is 17.9 Å². The van der Waals surface area contributed by atoms with Crippen LogP contribution in [0.4, 0.5) is 18.9 Å². The highest BCUT2D eigenvalue weighted by Gasteiger charge is 2.40. The average molecular weight is 681 g/mol. The van der Waals surface area contributed by atoms with Crippen LogP contribution >= 0.6 is 0 Å². The Balaban J connectivity index is 0.000000222. The molecule has 15 heteroatoms. The average Bonchev–Trinajstić information content (AvgIpc) is 2.98. The van der Waals surface area contributed by atoms with Gasteiger partial charge in [-0.1, -0.05) is 80.6 Å². The Morgan fingerprint density at radius 3 is 2.30 bits per heavy atom. The van der Waals surface area contributed by atoms with E-state index in [9.17, 15) is 35.1 Å². The van der Waals surface area contributed by atoms with E-state index >= 15 is 0 Å². The van der Waals surface area contributed by atoms with Gasteiger partial charge in [0, 0.05) is 24.4 Å². The van der Waals surface area contributed by atoms with E-state index in [0.29, 0.717) is 31.3 Å². The molecule has 6 N–H and O–H groups in total. The van der Waals surface area contributed by atoms with E-state index in [0.717, 1.165) is 22.1 Å². The predicted octanol–water partition coefficient (Wildman–Crippen LogP) is 4.20. The Morgan fingerprint density at radius 2 is 1.65 bits per heavy atom. The molecule has 0 bridgehead atoms. The molecule has 0 radical (unpaired) electrons. The van der Waals surface area contributed by atoms with E-state index in [2.05, 4.69) is 41.3 Å². The molecule has 0 saturated carbocycles. The number of aliphatic hydroxyl groups excluding tert-OH is 1. The van der Waals surface area contributed by atoms with E-state index in [1.165, 1.54) is 0 Å². The van der Waals surface area contributed by atoms with Gasteiger partial charge in [-0.05, 0) is 29.1 Å². The van der Waals surface area contributed by atoms with Crippen molar-refractivity contribution in [2.75, 3.05) is 18.5 Å². The summed E-state index contributed by atoms with van der Waals surface area (Å²) >= 11 is 0. The number of aliphatic hydroxyl groups is 1. The first-order chi connectivity index (χ1) is 21.5. The number of anilines is 1. The molecule has 0 spiro atoms. The molecule has 2 atom stereocenters. The van der Waals surface area contributed by atoms with Crippen molar-refractivity contribution in [3.63, 3.8) is 0 Å². The lowest BCUT2D eigenvalue weighted by molar-refractivity contribution is -0.139. The maximum Gasteiger partial charge on any atom is 0.417 e. The number of rotatable bonds is 9. The molecule has 5 rings (SSSR count). The molecule has 4 aromatic rings. The topological polar surface area (TPSA) is 160 Å². The molecule has 248 valence electrons. The summed E-state index contributed by atoms with van der Waals surface area (Å²) < 4.78 is 95.8. The van der Waals surface area contributed by atoms with Crippen LogP contribution in [0.3, 0.4) is 0 Å². The second-order valence-corrected chi connectivity index (χ2v) is 14.1. The van der Waals surface area contributed by atoms with E-state index in [4.69, 9.17) is 9.88 Å². The van der Waals surface area contributed by atoms with Crippen molar-refractivity contribution in [2.45, 2.75) is 54.5 Å². The molecule has 1 heterocycles. The molecule has 0 amide bonds. The largest absolute Gasteiger partial charge is 0.490 e. The fourth-order valence-electron chi connectivity index (χ4n) is 4.70. The normalized spacial score (nSPS) is 16.6. The predicted molar refractivity (Wildman–Crippen MR) is 169 cm³/mol. The Labute approximate surface area is 265 Å². The summed E-state index contributed by atoms with van der Waals surface area (Å²) in [7, 11) is -9.06.